The van der Waals surface area contributed by atoms with Crippen molar-refractivity contribution in [2.24, 2.45) is 5.73 Å². The molecule has 0 saturated carbocycles. The summed E-state index contributed by atoms with van der Waals surface area (Å²) in [6.45, 7) is 6.13. The number of fused-ring (bicyclic) bond motifs is 1. The van der Waals surface area contributed by atoms with Gasteiger partial charge in [-0.3, -0.25) is 0 Å². The standard InChI is InChI=1S/C17H18N6/c1-10-7-12(23-6-5-19-9-23)8-14-16(10)22-17(21-14)15-11(2)20-4-3-13(15)18/h3-9,17,20-22H,2,18H2,1H3. The first-order valence-corrected chi connectivity index (χ1v) is 7.41. The van der Waals surface area contributed by atoms with Crippen molar-refractivity contribution in [2.75, 3.05) is 10.6 Å². The highest BCUT2D eigenvalue weighted by atomic mass is 15.2. The largest absolute Gasteiger partial charge is 0.398 e. The summed E-state index contributed by atoms with van der Waals surface area (Å²) >= 11 is 0. The van der Waals surface area contributed by atoms with E-state index in [-0.39, 0.29) is 6.17 Å². The van der Waals surface area contributed by atoms with Gasteiger partial charge in [-0.1, -0.05) is 6.58 Å². The van der Waals surface area contributed by atoms with Crippen LogP contribution in [0.25, 0.3) is 5.69 Å². The Morgan fingerprint density at radius 1 is 1.30 bits per heavy atom. The van der Waals surface area contributed by atoms with Crippen LogP contribution < -0.4 is 21.7 Å². The van der Waals surface area contributed by atoms with Crippen LogP contribution in [0.1, 0.15) is 5.56 Å². The third-order valence-corrected chi connectivity index (χ3v) is 4.16. The quantitative estimate of drug-likeness (QED) is 0.684. The summed E-state index contributed by atoms with van der Waals surface area (Å²) in [6, 6.07) is 4.23. The minimum absolute atomic E-state index is 0.105. The number of hydrogen-bond acceptors (Lipinski definition) is 5. The van der Waals surface area contributed by atoms with Crippen molar-refractivity contribution in [2.45, 2.75) is 13.1 Å². The number of aryl methyl sites for hydroxylation is 1. The van der Waals surface area contributed by atoms with E-state index in [1.807, 2.05) is 16.8 Å². The fourth-order valence-corrected chi connectivity index (χ4v) is 3.03. The fraction of sp³-hybridized carbons (Fsp3) is 0.118. The normalized spacial score (nSPS) is 19.2. The van der Waals surface area contributed by atoms with Crippen LogP contribution in [0.4, 0.5) is 11.4 Å². The number of aromatic nitrogens is 2. The number of hydrogen-bond donors (Lipinski definition) is 4. The van der Waals surface area contributed by atoms with Crippen molar-refractivity contribution in [3.05, 3.63) is 72.2 Å². The fourth-order valence-electron chi connectivity index (χ4n) is 3.03. The van der Waals surface area contributed by atoms with Crippen LogP contribution in [-0.2, 0) is 0 Å². The first-order valence-electron chi connectivity index (χ1n) is 7.41. The molecule has 2 aromatic rings. The molecule has 23 heavy (non-hydrogen) atoms. The van der Waals surface area contributed by atoms with Gasteiger partial charge in [0.05, 0.1) is 17.7 Å². The minimum atomic E-state index is -0.105. The zero-order valence-electron chi connectivity index (χ0n) is 12.8. The lowest BCUT2D eigenvalue weighted by Crippen LogP contribution is -2.32. The lowest BCUT2D eigenvalue weighted by Gasteiger charge is -2.23. The van der Waals surface area contributed by atoms with Crippen LogP contribution in [0.15, 0.2) is 66.7 Å². The summed E-state index contributed by atoms with van der Waals surface area (Å²) in [5.74, 6) is 0. The molecule has 5 N–H and O–H groups in total. The smallest absolute Gasteiger partial charge is 0.127 e. The molecule has 1 aromatic carbocycles. The molecular formula is C17H18N6. The highest BCUT2D eigenvalue weighted by molar-refractivity contribution is 5.81. The molecule has 6 heteroatoms. The van der Waals surface area contributed by atoms with Gasteiger partial charge in [-0.05, 0) is 30.7 Å². The van der Waals surface area contributed by atoms with Gasteiger partial charge in [0.1, 0.15) is 6.17 Å². The van der Waals surface area contributed by atoms with E-state index in [1.165, 1.54) is 0 Å². The average Bonchev–Trinajstić information content (AvgIpc) is 3.16. The third kappa shape index (κ3) is 2.15. The predicted molar refractivity (Wildman–Crippen MR) is 92.0 cm³/mol. The Kier molecular flexibility index (Phi) is 2.90. The van der Waals surface area contributed by atoms with Crippen molar-refractivity contribution in [3.8, 4) is 5.69 Å². The van der Waals surface area contributed by atoms with Crippen molar-refractivity contribution in [1.82, 2.24) is 14.9 Å². The van der Waals surface area contributed by atoms with E-state index in [0.29, 0.717) is 5.70 Å². The first-order chi connectivity index (χ1) is 11.1. The topological polar surface area (TPSA) is 79.9 Å². The van der Waals surface area contributed by atoms with Gasteiger partial charge in [0, 0.05) is 41.2 Å². The first kappa shape index (κ1) is 13.5. The number of nitrogens with two attached hydrogens (primary N) is 1. The van der Waals surface area contributed by atoms with E-state index < -0.39 is 0 Å². The number of dihydropyridines is 1. The Morgan fingerprint density at radius 3 is 2.91 bits per heavy atom. The van der Waals surface area contributed by atoms with Crippen molar-refractivity contribution in [1.29, 1.82) is 0 Å². The maximum Gasteiger partial charge on any atom is 0.127 e. The van der Waals surface area contributed by atoms with Gasteiger partial charge >= 0.3 is 0 Å². The number of benzene rings is 1. The van der Waals surface area contributed by atoms with Crippen LogP contribution in [0.2, 0.25) is 0 Å². The molecule has 0 aliphatic carbocycles. The Balaban J connectivity index is 1.72. The summed E-state index contributed by atoms with van der Waals surface area (Å²) < 4.78 is 1.99. The molecule has 116 valence electrons. The molecule has 1 atom stereocenters. The van der Waals surface area contributed by atoms with E-state index in [1.54, 1.807) is 18.7 Å². The number of anilines is 2. The summed E-state index contributed by atoms with van der Waals surface area (Å²) in [5, 5.41) is 10.1. The zero-order chi connectivity index (χ0) is 16.0. The monoisotopic (exact) mass is 306 g/mol. The molecule has 1 aromatic heterocycles. The van der Waals surface area contributed by atoms with Crippen LogP contribution in [-0.4, -0.2) is 15.7 Å². The number of nitrogens with zero attached hydrogens (tertiary/aromatic N) is 2. The van der Waals surface area contributed by atoms with Gasteiger partial charge in [-0.25, -0.2) is 4.98 Å². The Hall–Kier alpha value is -3.15. The molecule has 0 radical (unpaired) electrons. The summed E-state index contributed by atoms with van der Waals surface area (Å²) in [7, 11) is 0. The molecule has 6 nitrogen and oxygen atoms in total. The second kappa shape index (κ2) is 4.95. The maximum absolute atomic E-state index is 6.13. The van der Waals surface area contributed by atoms with Gasteiger partial charge in [0.2, 0.25) is 0 Å². The second-order valence-corrected chi connectivity index (χ2v) is 5.70. The van der Waals surface area contributed by atoms with Gasteiger partial charge in [-0.2, -0.15) is 0 Å². The number of rotatable bonds is 2. The average molecular weight is 306 g/mol. The highest BCUT2D eigenvalue weighted by Crippen LogP contribution is 2.37. The molecule has 1 unspecified atom stereocenters. The van der Waals surface area contributed by atoms with Crippen LogP contribution >= 0.6 is 0 Å². The molecule has 0 saturated heterocycles. The van der Waals surface area contributed by atoms with Crippen molar-refractivity contribution >= 4 is 11.4 Å². The lowest BCUT2D eigenvalue weighted by molar-refractivity contribution is 0.902. The SMILES string of the molecule is C=C1NC=CC(N)=C1C1Nc2cc(-n3ccnc3)cc(C)c2N1. The van der Waals surface area contributed by atoms with E-state index in [9.17, 15) is 0 Å². The lowest BCUT2D eigenvalue weighted by atomic mass is 10.1. The molecule has 4 rings (SSSR count). The van der Waals surface area contributed by atoms with Crippen LogP contribution in [0.5, 0.6) is 0 Å². The molecular weight excluding hydrogens is 288 g/mol. The summed E-state index contributed by atoms with van der Waals surface area (Å²) in [4.78, 5) is 4.11. The van der Waals surface area contributed by atoms with E-state index in [2.05, 4.69) is 46.6 Å². The Labute approximate surface area is 134 Å². The molecule has 2 aliphatic rings. The summed E-state index contributed by atoms with van der Waals surface area (Å²) in [6.07, 6.45) is 9.03. The Morgan fingerprint density at radius 2 is 2.17 bits per heavy atom. The molecule has 2 aliphatic heterocycles. The van der Waals surface area contributed by atoms with Crippen LogP contribution in [0, 0.1) is 6.92 Å². The highest BCUT2D eigenvalue weighted by Gasteiger charge is 2.28. The van der Waals surface area contributed by atoms with E-state index in [0.717, 1.165) is 33.9 Å². The molecule has 0 spiro atoms. The van der Waals surface area contributed by atoms with Gasteiger partial charge in [0.25, 0.3) is 0 Å². The van der Waals surface area contributed by atoms with Crippen molar-refractivity contribution < 1.29 is 0 Å². The molecule has 0 fully saturated rings. The number of imidazole rings is 1. The van der Waals surface area contributed by atoms with Gasteiger partial charge in [0.15, 0.2) is 0 Å². The summed E-state index contributed by atoms with van der Waals surface area (Å²) in [5.41, 5.74) is 12.9. The van der Waals surface area contributed by atoms with E-state index >= 15 is 0 Å². The van der Waals surface area contributed by atoms with Gasteiger partial charge < -0.3 is 26.3 Å². The Bertz CT molecular complexity index is 844. The second-order valence-electron chi connectivity index (χ2n) is 5.70. The molecule has 0 bridgehead atoms. The van der Waals surface area contributed by atoms with Crippen LogP contribution in [0.3, 0.4) is 0 Å². The minimum Gasteiger partial charge on any atom is -0.398 e. The third-order valence-electron chi connectivity index (χ3n) is 4.16. The maximum atomic E-state index is 6.13. The van der Waals surface area contributed by atoms with Crippen molar-refractivity contribution in [3.63, 3.8) is 0 Å². The number of nitrogens with one attached hydrogen (secondary N) is 3. The molecule has 3 heterocycles. The van der Waals surface area contributed by atoms with E-state index in [4.69, 9.17) is 5.73 Å². The number of allylic oxidation sites excluding steroid dienone is 1. The zero-order valence-corrected chi connectivity index (χ0v) is 12.8. The molecule has 0 amide bonds. The predicted octanol–water partition coefficient (Wildman–Crippen LogP) is 2.19. The van der Waals surface area contributed by atoms with Gasteiger partial charge in [-0.15, -0.1) is 0 Å².